The summed E-state index contributed by atoms with van der Waals surface area (Å²) in [4.78, 5) is 26.4. The molecule has 0 saturated carbocycles. The van der Waals surface area contributed by atoms with Gasteiger partial charge in [0.25, 0.3) is 0 Å². The molecule has 3 rings (SSSR count). The first-order chi connectivity index (χ1) is 12.9. The molecule has 27 heavy (non-hydrogen) atoms. The van der Waals surface area contributed by atoms with E-state index in [4.69, 9.17) is 4.74 Å². The highest BCUT2D eigenvalue weighted by atomic mass is 16.5. The third-order valence-electron chi connectivity index (χ3n) is 5.77. The molecule has 1 saturated heterocycles. The molecular formula is C22H32N2O3. The molecular weight excluding hydrogens is 340 g/mol. The number of piperidine rings is 1. The third-order valence-corrected chi connectivity index (χ3v) is 5.77. The fourth-order valence-electron chi connectivity index (χ4n) is 4.23. The first-order valence-electron chi connectivity index (χ1n) is 10.2. The summed E-state index contributed by atoms with van der Waals surface area (Å²) in [5.41, 5.74) is 0.872. The highest BCUT2D eigenvalue weighted by molar-refractivity contribution is 5.77. The number of carbonyl (C=O) groups is 2. The van der Waals surface area contributed by atoms with Gasteiger partial charge in [0, 0.05) is 51.2 Å². The lowest BCUT2D eigenvalue weighted by atomic mass is 9.76. The van der Waals surface area contributed by atoms with E-state index in [1.807, 2.05) is 30.0 Å². The number of likely N-dealkylation sites (tertiary alicyclic amines) is 1. The lowest BCUT2D eigenvalue weighted by Gasteiger charge is -2.47. The number of nitrogens with zero attached hydrogens (tertiary/aromatic N) is 1. The van der Waals surface area contributed by atoms with Crippen molar-refractivity contribution in [2.75, 3.05) is 19.6 Å². The average Bonchev–Trinajstić information content (AvgIpc) is 2.66. The number of hydrogen-bond donors (Lipinski definition) is 1. The van der Waals surface area contributed by atoms with Crippen LogP contribution in [0.4, 0.5) is 0 Å². The van der Waals surface area contributed by atoms with Crippen LogP contribution < -0.4 is 10.1 Å². The smallest absolute Gasteiger partial charge is 0.222 e. The van der Waals surface area contributed by atoms with Crippen molar-refractivity contribution in [3.8, 4) is 5.75 Å². The molecule has 0 aliphatic carbocycles. The number of hydrogen-bond acceptors (Lipinski definition) is 3. The summed E-state index contributed by atoms with van der Waals surface area (Å²) in [6.07, 6.45) is 3.55. The summed E-state index contributed by atoms with van der Waals surface area (Å²) < 4.78 is 6.46. The molecule has 1 fully saturated rings. The Kier molecular flexibility index (Phi) is 6.08. The summed E-state index contributed by atoms with van der Waals surface area (Å²) >= 11 is 0. The van der Waals surface area contributed by atoms with Crippen LogP contribution in [0.25, 0.3) is 0 Å². The Labute approximate surface area is 162 Å². The Hall–Kier alpha value is -2.04. The molecule has 2 amide bonds. The van der Waals surface area contributed by atoms with Gasteiger partial charge in [0.1, 0.15) is 11.4 Å². The SMILES string of the molecule is CCC(=O)N1CCC2(CC1)C[C@@H](CC(=O)NCC(C)C)c1ccccc1O2. The van der Waals surface area contributed by atoms with Crippen LogP contribution in [-0.2, 0) is 9.59 Å². The van der Waals surface area contributed by atoms with E-state index in [-0.39, 0.29) is 23.3 Å². The minimum atomic E-state index is -0.262. The molecule has 2 aliphatic rings. The summed E-state index contributed by atoms with van der Waals surface area (Å²) in [7, 11) is 0. The maximum atomic E-state index is 12.5. The number of amides is 2. The monoisotopic (exact) mass is 372 g/mol. The molecule has 1 N–H and O–H groups in total. The van der Waals surface area contributed by atoms with Gasteiger partial charge in [-0.1, -0.05) is 39.0 Å². The van der Waals surface area contributed by atoms with Crippen LogP contribution in [0.15, 0.2) is 24.3 Å². The minimum Gasteiger partial charge on any atom is -0.487 e. The topological polar surface area (TPSA) is 58.6 Å². The largest absolute Gasteiger partial charge is 0.487 e. The van der Waals surface area contributed by atoms with Gasteiger partial charge in [-0.2, -0.15) is 0 Å². The molecule has 0 radical (unpaired) electrons. The maximum Gasteiger partial charge on any atom is 0.222 e. The molecule has 1 atom stereocenters. The highest BCUT2D eigenvalue weighted by Gasteiger charge is 2.44. The number of fused-ring (bicyclic) bond motifs is 1. The summed E-state index contributed by atoms with van der Waals surface area (Å²) in [6, 6.07) is 8.10. The van der Waals surface area contributed by atoms with E-state index in [1.165, 1.54) is 0 Å². The van der Waals surface area contributed by atoms with E-state index in [0.29, 0.717) is 25.3 Å². The van der Waals surface area contributed by atoms with E-state index in [9.17, 15) is 9.59 Å². The third kappa shape index (κ3) is 4.63. The molecule has 148 valence electrons. The van der Waals surface area contributed by atoms with Crippen molar-refractivity contribution in [2.24, 2.45) is 5.92 Å². The molecule has 2 aliphatic heterocycles. The Morgan fingerprint density at radius 2 is 1.96 bits per heavy atom. The van der Waals surface area contributed by atoms with Gasteiger partial charge in [-0.3, -0.25) is 9.59 Å². The lowest BCUT2D eigenvalue weighted by Crippen LogP contribution is -2.52. The summed E-state index contributed by atoms with van der Waals surface area (Å²) in [5.74, 6) is 1.84. The molecule has 2 heterocycles. The first kappa shape index (κ1) is 19.7. The average molecular weight is 373 g/mol. The van der Waals surface area contributed by atoms with Crippen molar-refractivity contribution in [1.82, 2.24) is 10.2 Å². The van der Waals surface area contributed by atoms with E-state index in [1.54, 1.807) is 0 Å². The van der Waals surface area contributed by atoms with Crippen molar-refractivity contribution >= 4 is 11.8 Å². The zero-order valence-electron chi connectivity index (χ0n) is 16.8. The van der Waals surface area contributed by atoms with Gasteiger partial charge < -0.3 is 15.0 Å². The fraction of sp³-hybridized carbons (Fsp3) is 0.636. The quantitative estimate of drug-likeness (QED) is 0.861. The number of para-hydroxylation sites is 1. The Morgan fingerprint density at radius 1 is 1.26 bits per heavy atom. The summed E-state index contributed by atoms with van der Waals surface area (Å²) in [5, 5.41) is 3.05. The summed E-state index contributed by atoms with van der Waals surface area (Å²) in [6.45, 7) is 8.30. The molecule has 0 aromatic heterocycles. The van der Waals surface area contributed by atoms with Crippen molar-refractivity contribution in [3.63, 3.8) is 0 Å². The van der Waals surface area contributed by atoms with Crippen molar-refractivity contribution in [3.05, 3.63) is 29.8 Å². The molecule has 1 aromatic carbocycles. The van der Waals surface area contributed by atoms with Crippen molar-refractivity contribution in [2.45, 2.75) is 64.4 Å². The van der Waals surface area contributed by atoms with Gasteiger partial charge in [0.2, 0.25) is 11.8 Å². The van der Waals surface area contributed by atoms with Crippen LogP contribution >= 0.6 is 0 Å². The molecule has 5 heteroatoms. The maximum absolute atomic E-state index is 12.5. The Morgan fingerprint density at radius 3 is 2.63 bits per heavy atom. The van der Waals surface area contributed by atoms with Gasteiger partial charge >= 0.3 is 0 Å². The van der Waals surface area contributed by atoms with E-state index >= 15 is 0 Å². The van der Waals surface area contributed by atoms with Crippen LogP contribution in [0.5, 0.6) is 5.75 Å². The second kappa shape index (κ2) is 8.32. The standard InChI is InChI=1S/C22H32N2O3/c1-4-21(26)24-11-9-22(10-12-24)14-17(13-20(25)23-15-16(2)3)18-7-5-6-8-19(18)27-22/h5-8,16-17H,4,9-15H2,1-3H3,(H,23,25)/t17-/m1/s1. The van der Waals surface area contributed by atoms with Gasteiger partial charge in [-0.05, 0) is 24.0 Å². The van der Waals surface area contributed by atoms with Crippen molar-refractivity contribution < 1.29 is 14.3 Å². The van der Waals surface area contributed by atoms with Gasteiger partial charge in [0.15, 0.2) is 0 Å². The number of benzene rings is 1. The predicted octanol–water partition coefficient (Wildman–Crippen LogP) is 3.49. The second-order valence-electron chi connectivity index (χ2n) is 8.36. The predicted molar refractivity (Wildman–Crippen MR) is 106 cm³/mol. The zero-order chi connectivity index (χ0) is 19.4. The van der Waals surface area contributed by atoms with E-state index in [0.717, 1.165) is 43.7 Å². The fourth-order valence-corrected chi connectivity index (χ4v) is 4.23. The molecule has 1 spiro atoms. The number of nitrogens with one attached hydrogen (secondary N) is 1. The molecule has 5 nitrogen and oxygen atoms in total. The first-order valence-corrected chi connectivity index (χ1v) is 10.2. The van der Waals surface area contributed by atoms with Gasteiger partial charge in [-0.25, -0.2) is 0 Å². The zero-order valence-corrected chi connectivity index (χ0v) is 16.8. The van der Waals surface area contributed by atoms with Crippen molar-refractivity contribution in [1.29, 1.82) is 0 Å². The lowest BCUT2D eigenvalue weighted by molar-refractivity contribution is -0.135. The molecule has 0 unspecified atom stereocenters. The highest BCUT2D eigenvalue weighted by Crippen LogP contribution is 2.46. The van der Waals surface area contributed by atoms with Crippen LogP contribution in [0, 0.1) is 5.92 Å². The number of ether oxygens (including phenoxy) is 1. The van der Waals surface area contributed by atoms with Crippen LogP contribution in [0.3, 0.4) is 0 Å². The second-order valence-corrected chi connectivity index (χ2v) is 8.36. The van der Waals surface area contributed by atoms with Crippen LogP contribution in [-0.4, -0.2) is 41.9 Å². The van der Waals surface area contributed by atoms with Gasteiger partial charge in [0.05, 0.1) is 0 Å². The van der Waals surface area contributed by atoms with Crippen LogP contribution in [0.2, 0.25) is 0 Å². The normalized spacial score (nSPS) is 20.9. The number of carbonyl (C=O) groups excluding carboxylic acids is 2. The Bertz CT molecular complexity index is 678. The molecule has 1 aromatic rings. The van der Waals surface area contributed by atoms with E-state index < -0.39 is 0 Å². The number of rotatable bonds is 5. The van der Waals surface area contributed by atoms with Gasteiger partial charge in [-0.15, -0.1) is 0 Å². The van der Waals surface area contributed by atoms with Crippen LogP contribution in [0.1, 0.15) is 64.4 Å². The Balaban J connectivity index is 1.73. The minimum absolute atomic E-state index is 0.110. The molecule has 0 bridgehead atoms. The van der Waals surface area contributed by atoms with E-state index in [2.05, 4.69) is 25.2 Å².